The third-order valence-corrected chi connectivity index (χ3v) is 1.43. The lowest BCUT2D eigenvalue weighted by molar-refractivity contribution is 0.377. The van der Waals surface area contributed by atoms with Gasteiger partial charge in [0.05, 0.1) is 0 Å². The van der Waals surface area contributed by atoms with Crippen LogP contribution in [0.4, 0.5) is 0 Å². The SMILES string of the molecule is CC(C)(C)c1cccc(=O)o1. The van der Waals surface area contributed by atoms with E-state index in [1.54, 1.807) is 6.07 Å². The zero-order valence-corrected chi connectivity index (χ0v) is 7.05. The number of hydrogen-bond acceptors (Lipinski definition) is 2. The summed E-state index contributed by atoms with van der Waals surface area (Å²) in [7, 11) is 0. The molecule has 0 N–H and O–H groups in total. The molecule has 0 aliphatic carbocycles. The maximum absolute atomic E-state index is 10.8. The van der Waals surface area contributed by atoms with Gasteiger partial charge in [0.15, 0.2) is 0 Å². The van der Waals surface area contributed by atoms with Gasteiger partial charge in [0, 0.05) is 11.5 Å². The van der Waals surface area contributed by atoms with Crippen molar-refractivity contribution in [1.82, 2.24) is 0 Å². The second-order valence-electron chi connectivity index (χ2n) is 3.56. The molecule has 0 saturated heterocycles. The average molecular weight is 152 g/mol. The topological polar surface area (TPSA) is 30.2 Å². The van der Waals surface area contributed by atoms with Crippen molar-refractivity contribution in [2.75, 3.05) is 0 Å². The summed E-state index contributed by atoms with van der Waals surface area (Å²) in [6.07, 6.45) is 0. The van der Waals surface area contributed by atoms with Gasteiger partial charge in [-0.15, -0.1) is 0 Å². The van der Waals surface area contributed by atoms with Crippen molar-refractivity contribution in [3.05, 3.63) is 34.4 Å². The lowest BCUT2D eigenvalue weighted by Gasteiger charge is -2.15. The van der Waals surface area contributed by atoms with Gasteiger partial charge in [0.2, 0.25) is 0 Å². The first-order valence-corrected chi connectivity index (χ1v) is 3.61. The molecule has 2 nitrogen and oxygen atoms in total. The Morgan fingerprint density at radius 3 is 2.27 bits per heavy atom. The van der Waals surface area contributed by atoms with Crippen LogP contribution in [0.3, 0.4) is 0 Å². The van der Waals surface area contributed by atoms with E-state index in [4.69, 9.17) is 4.42 Å². The van der Waals surface area contributed by atoms with Crippen LogP contribution in [-0.4, -0.2) is 0 Å². The summed E-state index contributed by atoms with van der Waals surface area (Å²) in [6, 6.07) is 4.95. The summed E-state index contributed by atoms with van der Waals surface area (Å²) in [5, 5.41) is 0. The largest absolute Gasteiger partial charge is 0.427 e. The molecular weight excluding hydrogens is 140 g/mol. The Kier molecular flexibility index (Phi) is 1.85. The van der Waals surface area contributed by atoms with Crippen LogP contribution in [0.25, 0.3) is 0 Å². The maximum atomic E-state index is 10.8. The van der Waals surface area contributed by atoms with E-state index in [0.717, 1.165) is 5.76 Å². The van der Waals surface area contributed by atoms with E-state index in [2.05, 4.69) is 0 Å². The molecular formula is C9H12O2. The summed E-state index contributed by atoms with van der Waals surface area (Å²) in [4.78, 5) is 10.8. The van der Waals surface area contributed by atoms with Gasteiger partial charge < -0.3 is 4.42 Å². The summed E-state index contributed by atoms with van der Waals surface area (Å²) in [5.74, 6) is 0.727. The minimum absolute atomic E-state index is 0.0829. The lowest BCUT2D eigenvalue weighted by Crippen LogP contribution is -2.13. The Labute approximate surface area is 65.9 Å². The molecule has 0 aliphatic rings. The first kappa shape index (κ1) is 8.05. The van der Waals surface area contributed by atoms with Crippen molar-refractivity contribution in [2.45, 2.75) is 26.2 Å². The van der Waals surface area contributed by atoms with Gasteiger partial charge in [-0.2, -0.15) is 0 Å². The monoisotopic (exact) mass is 152 g/mol. The van der Waals surface area contributed by atoms with Crippen LogP contribution in [0.2, 0.25) is 0 Å². The molecule has 1 heterocycles. The van der Waals surface area contributed by atoms with Gasteiger partial charge in [-0.05, 0) is 6.07 Å². The zero-order valence-electron chi connectivity index (χ0n) is 7.05. The second-order valence-corrected chi connectivity index (χ2v) is 3.56. The molecule has 0 bridgehead atoms. The van der Waals surface area contributed by atoms with Crippen LogP contribution in [-0.2, 0) is 5.41 Å². The minimum Gasteiger partial charge on any atom is -0.427 e. The summed E-state index contributed by atoms with van der Waals surface area (Å²) in [5.41, 5.74) is -0.363. The highest BCUT2D eigenvalue weighted by atomic mass is 16.4. The quantitative estimate of drug-likeness (QED) is 0.568. The molecule has 0 radical (unpaired) electrons. The van der Waals surface area contributed by atoms with Gasteiger partial charge in [-0.1, -0.05) is 26.8 Å². The molecule has 0 amide bonds. The minimum atomic E-state index is -0.280. The van der Waals surface area contributed by atoms with Gasteiger partial charge in [0.25, 0.3) is 0 Å². The van der Waals surface area contributed by atoms with Crippen LogP contribution in [0.15, 0.2) is 27.4 Å². The van der Waals surface area contributed by atoms with Crippen molar-refractivity contribution in [1.29, 1.82) is 0 Å². The highest BCUT2D eigenvalue weighted by Gasteiger charge is 2.15. The van der Waals surface area contributed by atoms with Crippen molar-refractivity contribution in [2.24, 2.45) is 0 Å². The van der Waals surface area contributed by atoms with E-state index < -0.39 is 0 Å². The lowest BCUT2D eigenvalue weighted by atomic mass is 9.93. The summed E-state index contributed by atoms with van der Waals surface area (Å²) < 4.78 is 4.99. The van der Waals surface area contributed by atoms with Gasteiger partial charge in [0.1, 0.15) is 5.76 Å². The van der Waals surface area contributed by atoms with Crippen LogP contribution in [0, 0.1) is 0 Å². The van der Waals surface area contributed by atoms with Gasteiger partial charge in [-0.25, -0.2) is 4.79 Å². The van der Waals surface area contributed by atoms with Crippen molar-refractivity contribution in [3.63, 3.8) is 0 Å². The maximum Gasteiger partial charge on any atom is 0.335 e. The first-order chi connectivity index (χ1) is 5.00. The molecule has 0 spiro atoms. The Morgan fingerprint density at radius 1 is 1.27 bits per heavy atom. The predicted molar refractivity (Wildman–Crippen MR) is 43.7 cm³/mol. The fraction of sp³-hybridized carbons (Fsp3) is 0.444. The molecule has 0 atom stereocenters. The van der Waals surface area contributed by atoms with Crippen LogP contribution < -0.4 is 5.63 Å². The van der Waals surface area contributed by atoms with Crippen LogP contribution in [0.5, 0.6) is 0 Å². The van der Waals surface area contributed by atoms with Crippen LogP contribution >= 0.6 is 0 Å². The third kappa shape index (κ3) is 1.93. The highest BCUT2D eigenvalue weighted by Crippen LogP contribution is 2.19. The first-order valence-electron chi connectivity index (χ1n) is 3.61. The Hall–Kier alpha value is -1.05. The summed E-state index contributed by atoms with van der Waals surface area (Å²) in [6.45, 7) is 6.02. The molecule has 60 valence electrons. The molecule has 0 aliphatic heterocycles. The highest BCUT2D eigenvalue weighted by molar-refractivity contribution is 5.08. The smallest absolute Gasteiger partial charge is 0.335 e. The molecule has 11 heavy (non-hydrogen) atoms. The van der Waals surface area contributed by atoms with E-state index in [0.29, 0.717) is 0 Å². The van der Waals surface area contributed by atoms with Crippen molar-refractivity contribution < 1.29 is 4.42 Å². The summed E-state index contributed by atoms with van der Waals surface area (Å²) >= 11 is 0. The van der Waals surface area contributed by atoms with Gasteiger partial charge in [-0.3, -0.25) is 0 Å². The van der Waals surface area contributed by atoms with E-state index in [-0.39, 0.29) is 11.0 Å². The molecule has 0 aromatic carbocycles. The van der Waals surface area contributed by atoms with E-state index in [9.17, 15) is 4.79 Å². The normalized spacial score (nSPS) is 11.5. The second kappa shape index (κ2) is 2.53. The van der Waals surface area contributed by atoms with E-state index >= 15 is 0 Å². The predicted octanol–water partition coefficient (Wildman–Crippen LogP) is 1.94. The zero-order chi connectivity index (χ0) is 8.48. The molecule has 0 fully saturated rings. The van der Waals surface area contributed by atoms with E-state index in [1.807, 2.05) is 26.8 Å². The van der Waals surface area contributed by atoms with Gasteiger partial charge >= 0.3 is 5.63 Å². The molecule has 1 aromatic rings. The average Bonchev–Trinajstić information content (AvgIpc) is 1.86. The molecule has 0 unspecified atom stereocenters. The Balaban J connectivity index is 3.16. The molecule has 2 heteroatoms. The number of hydrogen-bond donors (Lipinski definition) is 0. The van der Waals surface area contributed by atoms with Crippen molar-refractivity contribution in [3.8, 4) is 0 Å². The standard InChI is InChI=1S/C9H12O2/c1-9(2,3)7-5-4-6-8(10)11-7/h4-6H,1-3H3. The fourth-order valence-corrected chi connectivity index (χ4v) is 0.794. The van der Waals surface area contributed by atoms with Crippen LogP contribution in [0.1, 0.15) is 26.5 Å². The third-order valence-electron chi connectivity index (χ3n) is 1.43. The number of rotatable bonds is 0. The molecule has 0 saturated carbocycles. The Morgan fingerprint density at radius 2 is 1.91 bits per heavy atom. The Bertz CT molecular complexity index is 291. The van der Waals surface area contributed by atoms with Crippen molar-refractivity contribution >= 4 is 0 Å². The van der Waals surface area contributed by atoms with E-state index in [1.165, 1.54) is 6.07 Å². The molecule has 1 aromatic heterocycles. The molecule has 1 rings (SSSR count). The fourth-order valence-electron chi connectivity index (χ4n) is 0.794.